The van der Waals surface area contributed by atoms with E-state index in [4.69, 9.17) is 4.42 Å². The van der Waals surface area contributed by atoms with Crippen LogP contribution in [0.4, 0.5) is 4.79 Å². The third-order valence-corrected chi connectivity index (χ3v) is 3.72. The van der Waals surface area contributed by atoms with Gasteiger partial charge in [0.2, 0.25) is 5.91 Å². The average molecular weight is 307 g/mol. The Morgan fingerprint density at radius 2 is 2.23 bits per heavy atom. The Bertz CT molecular complexity index is 569. The third-order valence-electron chi connectivity index (χ3n) is 3.72. The van der Waals surface area contributed by atoms with Gasteiger partial charge in [-0.2, -0.15) is 0 Å². The summed E-state index contributed by atoms with van der Waals surface area (Å²) in [5.41, 5.74) is -1.27. The van der Waals surface area contributed by atoms with Crippen LogP contribution >= 0.6 is 0 Å². The maximum atomic E-state index is 12.5. The predicted molar refractivity (Wildman–Crippen MR) is 78.8 cm³/mol. The van der Waals surface area contributed by atoms with Crippen molar-refractivity contribution in [2.45, 2.75) is 45.2 Å². The molecular weight excluding hydrogens is 286 g/mol. The van der Waals surface area contributed by atoms with Crippen molar-refractivity contribution in [1.82, 2.24) is 15.5 Å². The molecule has 120 valence electrons. The predicted octanol–water partition coefficient (Wildman–Crippen LogP) is 1.35. The Morgan fingerprint density at radius 1 is 1.50 bits per heavy atom. The number of carbonyl (C=O) groups is 3. The lowest BCUT2D eigenvalue weighted by molar-refractivity contribution is -0.135. The summed E-state index contributed by atoms with van der Waals surface area (Å²) in [6.07, 6.45) is 3.22. The highest BCUT2D eigenvalue weighted by atomic mass is 16.3. The van der Waals surface area contributed by atoms with E-state index in [0.29, 0.717) is 5.76 Å². The molecule has 2 unspecified atom stereocenters. The molecule has 0 saturated carbocycles. The molecule has 4 amide bonds. The summed E-state index contributed by atoms with van der Waals surface area (Å²) in [7, 11) is 0. The van der Waals surface area contributed by atoms with Crippen LogP contribution in [-0.4, -0.2) is 35.3 Å². The molecule has 22 heavy (non-hydrogen) atoms. The van der Waals surface area contributed by atoms with Crippen molar-refractivity contribution >= 4 is 17.8 Å². The van der Waals surface area contributed by atoms with Crippen LogP contribution in [0.5, 0.6) is 0 Å². The fourth-order valence-corrected chi connectivity index (χ4v) is 2.54. The highest BCUT2D eigenvalue weighted by molar-refractivity contribution is 6.08. The second kappa shape index (κ2) is 6.21. The van der Waals surface area contributed by atoms with Gasteiger partial charge in [0.05, 0.1) is 6.26 Å². The van der Waals surface area contributed by atoms with E-state index in [1.54, 1.807) is 19.1 Å². The van der Waals surface area contributed by atoms with Crippen LogP contribution < -0.4 is 10.6 Å². The van der Waals surface area contributed by atoms with Crippen LogP contribution in [0, 0.1) is 0 Å². The lowest BCUT2D eigenvalue weighted by atomic mass is 9.99. The molecule has 1 aliphatic heterocycles. The van der Waals surface area contributed by atoms with Gasteiger partial charge in [-0.05, 0) is 32.4 Å². The number of hydrogen-bond donors (Lipinski definition) is 2. The van der Waals surface area contributed by atoms with Crippen LogP contribution in [-0.2, 0) is 15.1 Å². The van der Waals surface area contributed by atoms with Crippen molar-refractivity contribution in [3.05, 3.63) is 24.2 Å². The molecule has 0 spiro atoms. The summed E-state index contributed by atoms with van der Waals surface area (Å²) in [6.45, 7) is 5.17. The van der Waals surface area contributed by atoms with Crippen molar-refractivity contribution in [2.24, 2.45) is 0 Å². The van der Waals surface area contributed by atoms with Crippen LogP contribution in [0.1, 0.15) is 39.4 Å². The summed E-state index contributed by atoms with van der Waals surface area (Å²) >= 11 is 0. The SMILES string of the molecule is CCCC(C)NC(=O)CN1C(=O)NC(C)(c2ccco2)C1=O. The second-order valence-electron chi connectivity index (χ2n) is 5.68. The lowest BCUT2D eigenvalue weighted by Gasteiger charge is -2.19. The highest BCUT2D eigenvalue weighted by Crippen LogP contribution is 2.28. The molecule has 7 nitrogen and oxygen atoms in total. The molecule has 0 aromatic carbocycles. The zero-order valence-electron chi connectivity index (χ0n) is 13.0. The van der Waals surface area contributed by atoms with Gasteiger partial charge in [0, 0.05) is 6.04 Å². The normalized spacial score (nSPS) is 22.6. The van der Waals surface area contributed by atoms with Gasteiger partial charge in [0.15, 0.2) is 5.54 Å². The standard InChI is InChI=1S/C15H21N3O4/c1-4-6-10(2)16-12(19)9-18-13(20)15(3,17-14(18)21)11-7-5-8-22-11/h5,7-8,10H,4,6,9H2,1-3H3,(H,16,19)(H,17,21). The molecule has 1 saturated heterocycles. The van der Waals surface area contributed by atoms with E-state index in [-0.39, 0.29) is 18.5 Å². The molecule has 2 atom stereocenters. The summed E-state index contributed by atoms with van der Waals surface area (Å²) in [6, 6.07) is 2.67. The van der Waals surface area contributed by atoms with Crippen LogP contribution in [0.25, 0.3) is 0 Å². The molecular formula is C15H21N3O4. The lowest BCUT2D eigenvalue weighted by Crippen LogP contribution is -2.44. The van der Waals surface area contributed by atoms with Crippen molar-refractivity contribution in [3.63, 3.8) is 0 Å². The minimum absolute atomic E-state index is 0.00900. The van der Waals surface area contributed by atoms with E-state index < -0.39 is 17.5 Å². The Labute approximate surface area is 129 Å². The van der Waals surface area contributed by atoms with Crippen molar-refractivity contribution in [3.8, 4) is 0 Å². The van der Waals surface area contributed by atoms with E-state index in [9.17, 15) is 14.4 Å². The first-order chi connectivity index (χ1) is 10.4. The molecule has 1 aromatic heterocycles. The molecule has 2 rings (SSSR count). The molecule has 1 aliphatic rings. The van der Waals surface area contributed by atoms with Crippen LogP contribution in [0.2, 0.25) is 0 Å². The van der Waals surface area contributed by atoms with E-state index in [0.717, 1.165) is 17.7 Å². The molecule has 7 heteroatoms. The molecule has 2 N–H and O–H groups in total. The number of urea groups is 1. The molecule has 0 aliphatic carbocycles. The van der Waals surface area contributed by atoms with Gasteiger partial charge in [-0.25, -0.2) is 4.79 Å². The first kappa shape index (κ1) is 16.1. The largest absolute Gasteiger partial charge is 0.466 e. The Kier molecular flexibility index (Phi) is 4.54. The van der Waals surface area contributed by atoms with E-state index in [2.05, 4.69) is 10.6 Å². The Hall–Kier alpha value is -2.31. The van der Waals surface area contributed by atoms with Gasteiger partial charge < -0.3 is 15.1 Å². The molecule has 1 aromatic rings. The number of carbonyl (C=O) groups excluding carboxylic acids is 3. The number of rotatable bonds is 6. The molecule has 1 fully saturated rings. The number of imide groups is 1. The van der Waals surface area contributed by atoms with Crippen LogP contribution in [0.3, 0.4) is 0 Å². The Balaban J connectivity index is 2.05. The fourth-order valence-electron chi connectivity index (χ4n) is 2.54. The van der Waals surface area contributed by atoms with Gasteiger partial charge in [-0.1, -0.05) is 13.3 Å². The summed E-state index contributed by atoms with van der Waals surface area (Å²) in [4.78, 5) is 37.4. The van der Waals surface area contributed by atoms with Crippen molar-refractivity contribution < 1.29 is 18.8 Å². The zero-order chi connectivity index (χ0) is 16.3. The zero-order valence-corrected chi connectivity index (χ0v) is 13.0. The number of furan rings is 1. The highest BCUT2D eigenvalue weighted by Gasteiger charge is 2.51. The maximum Gasteiger partial charge on any atom is 0.325 e. The topological polar surface area (TPSA) is 91.7 Å². The van der Waals surface area contributed by atoms with Gasteiger partial charge >= 0.3 is 6.03 Å². The first-order valence-electron chi connectivity index (χ1n) is 7.36. The van der Waals surface area contributed by atoms with Crippen molar-refractivity contribution in [2.75, 3.05) is 6.54 Å². The second-order valence-corrected chi connectivity index (χ2v) is 5.68. The smallest absolute Gasteiger partial charge is 0.325 e. The number of hydrogen-bond acceptors (Lipinski definition) is 4. The minimum atomic E-state index is -1.27. The van der Waals surface area contributed by atoms with Crippen molar-refractivity contribution in [1.29, 1.82) is 0 Å². The van der Waals surface area contributed by atoms with E-state index in [1.807, 2.05) is 13.8 Å². The first-order valence-corrected chi connectivity index (χ1v) is 7.36. The average Bonchev–Trinajstić information content (AvgIpc) is 3.04. The van der Waals surface area contributed by atoms with E-state index in [1.165, 1.54) is 6.26 Å². The van der Waals surface area contributed by atoms with Gasteiger partial charge in [-0.3, -0.25) is 14.5 Å². The van der Waals surface area contributed by atoms with Gasteiger partial charge in [-0.15, -0.1) is 0 Å². The number of nitrogens with zero attached hydrogens (tertiary/aromatic N) is 1. The summed E-state index contributed by atoms with van der Waals surface area (Å²) in [5, 5.41) is 5.35. The summed E-state index contributed by atoms with van der Waals surface area (Å²) < 4.78 is 5.23. The fraction of sp³-hybridized carbons (Fsp3) is 0.533. The van der Waals surface area contributed by atoms with Gasteiger partial charge in [0.1, 0.15) is 12.3 Å². The molecule has 0 bridgehead atoms. The third kappa shape index (κ3) is 2.98. The minimum Gasteiger partial charge on any atom is -0.466 e. The Morgan fingerprint density at radius 3 is 2.82 bits per heavy atom. The molecule has 0 radical (unpaired) electrons. The quantitative estimate of drug-likeness (QED) is 0.776. The van der Waals surface area contributed by atoms with Gasteiger partial charge in [0.25, 0.3) is 5.91 Å². The number of nitrogens with one attached hydrogen (secondary N) is 2. The molecule has 2 heterocycles. The summed E-state index contributed by atoms with van der Waals surface area (Å²) in [5.74, 6) is -0.507. The van der Waals surface area contributed by atoms with E-state index >= 15 is 0 Å². The maximum absolute atomic E-state index is 12.5. The number of amides is 4. The monoisotopic (exact) mass is 307 g/mol. The van der Waals surface area contributed by atoms with Crippen LogP contribution in [0.15, 0.2) is 22.8 Å².